The Morgan fingerprint density at radius 3 is 2.65 bits per heavy atom. The van der Waals surface area contributed by atoms with Crippen molar-refractivity contribution in [3.05, 3.63) is 11.1 Å². The van der Waals surface area contributed by atoms with Crippen LogP contribution in [0.2, 0.25) is 0 Å². The molecule has 0 aliphatic heterocycles. The van der Waals surface area contributed by atoms with Gasteiger partial charge in [-0.25, -0.2) is 4.98 Å². The summed E-state index contributed by atoms with van der Waals surface area (Å²) in [6.45, 7) is 1.32. The van der Waals surface area contributed by atoms with Crippen molar-refractivity contribution in [3.8, 4) is 0 Å². The molecule has 17 heavy (non-hydrogen) atoms. The first-order valence-electron chi connectivity index (χ1n) is 5.45. The van der Waals surface area contributed by atoms with Gasteiger partial charge in [0.2, 0.25) is 0 Å². The van der Waals surface area contributed by atoms with E-state index >= 15 is 0 Å². The first-order valence-corrected chi connectivity index (χ1v) is 6.33. The van der Waals surface area contributed by atoms with E-state index in [0.717, 1.165) is 18.7 Å². The molecule has 0 saturated heterocycles. The number of unbranched alkanes of at least 4 members (excludes halogenated alkanes) is 1. The number of nitrogens with two attached hydrogens (primary N) is 1. The van der Waals surface area contributed by atoms with E-state index in [0.29, 0.717) is 18.1 Å². The molecule has 1 heterocycles. The van der Waals surface area contributed by atoms with Crippen molar-refractivity contribution < 1.29 is 13.2 Å². The van der Waals surface area contributed by atoms with E-state index in [1.165, 1.54) is 11.3 Å². The van der Waals surface area contributed by atoms with Crippen LogP contribution in [0.5, 0.6) is 0 Å². The van der Waals surface area contributed by atoms with E-state index in [2.05, 4.69) is 10.3 Å². The van der Waals surface area contributed by atoms with Gasteiger partial charge in [-0.2, -0.15) is 13.2 Å². The molecule has 1 aromatic rings. The molecule has 98 valence electrons. The van der Waals surface area contributed by atoms with Crippen LogP contribution in [0.4, 0.5) is 18.3 Å². The number of nitrogens with zero attached hydrogens (tertiary/aromatic N) is 1. The molecule has 0 saturated carbocycles. The van der Waals surface area contributed by atoms with Gasteiger partial charge in [0.25, 0.3) is 0 Å². The van der Waals surface area contributed by atoms with Crippen LogP contribution >= 0.6 is 11.3 Å². The summed E-state index contributed by atoms with van der Waals surface area (Å²) < 4.78 is 35.4. The Balaban J connectivity index is 1.95. The Morgan fingerprint density at radius 1 is 1.29 bits per heavy atom. The lowest BCUT2D eigenvalue weighted by molar-refractivity contribution is -0.135. The quantitative estimate of drug-likeness (QED) is 0.747. The minimum atomic E-state index is -4.03. The molecule has 3 N–H and O–H groups in total. The molecule has 1 aromatic heterocycles. The molecular weight excluding hydrogens is 251 g/mol. The van der Waals surface area contributed by atoms with E-state index < -0.39 is 12.6 Å². The van der Waals surface area contributed by atoms with Gasteiger partial charge in [-0.15, -0.1) is 11.3 Å². The maximum absolute atomic E-state index is 11.8. The summed E-state index contributed by atoms with van der Waals surface area (Å²) in [7, 11) is 0. The van der Waals surface area contributed by atoms with Crippen molar-refractivity contribution in [2.45, 2.75) is 31.9 Å². The predicted molar refractivity (Wildman–Crippen MR) is 63.0 cm³/mol. The monoisotopic (exact) mass is 267 g/mol. The number of alkyl halides is 3. The highest BCUT2D eigenvalue weighted by Gasteiger charge is 2.25. The first kappa shape index (κ1) is 14.2. The number of anilines is 1. The smallest absolute Gasteiger partial charge is 0.375 e. The fourth-order valence-electron chi connectivity index (χ4n) is 1.35. The average molecular weight is 267 g/mol. The molecule has 7 heteroatoms. The number of thiazole rings is 1. The number of aromatic nitrogens is 1. The summed E-state index contributed by atoms with van der Waals surface area (Å²) in [5.41, 5.74) is 6.40. The highest BCUT2D eigenvalue weighted by atomic mass is 32.1. The second-order valence-corrected chi connectivity index (χ2v) is 4.64. The number of nitrogens with one attached hydrogen (secondary N) is 1. The number of nitrogen functional groups attached to an aromatic ring is 1. The molecule has 0 aliphatic rings. The molecule has 0 aromatic carbocycles. The van der Waals surface area contributed by atoms with E-state index in [-0.39, 0.29) is 6.42 Å². The van der Waals surface area contributed by atoms with Crippen molar-refractivity contribution in [2.75, 3.05) is 18.8 Å². The third-order valence-electron chi connectivity index (χ3n) is 2.19. The largest absolute Gasteiger partial charge is 0.389 e. The number of halogens is 3. The summed E-state index contributed by atoms with van der Waals surface area (Å²) in [6.07, 6.45) is -3.25. The molecule has 0 spiro atoms. The maximum Gasteiger partial charge on any atom is 0.389 e. The molecule has 0 bridgehead atoms. The minimum Gasteiger partial charge on any atom is -0.375 e. The van der Waals surface area contributed by atoms with Gasteiger partial charge in [-0.1, -0.05) is 0 Å². The van der Waals surface area contributed by atoms with Crippen LogP contribution in [-0.2, 0) is 6.42 Å². The summed E-state index contributed by atoms with van der Waals surface area (Å²) >= 11 is 1.39. The number of hydrogen-bond donors (Lipinski definition) is 2. The van der Waals surface area contributed by atoms with Crippen LogP contribution in [0.3, 0.4) is 0 Å². The van der Waals surface area contributed by atoms with Gasteiger partial charge in [-0.05, 0) is 19.4 Å². The van der Waals surface area contributed by atoms with Crippen LogP contribution in [-0.4, -0.2) is 24.2 Å². The standard InChI is InChI=1S/C10H16F3N3S/c11-10(12,13)4-1-2-5-15-6-3-8-7-17-9(14)16-8/h7,15H,1-6H2,(H2,14,16). The number of hydrogen-bond acceptors (Lipinski definition) is 4. The van der Waals surface area contributed by atoms with Gasteiger partial charge >= 0.3 is 6.18 Å². The van der Waals surface area contributed by atoms with Crippen molar-refractivity contribution >= 4 is 16.5 Å². The predicted octanol–water partition coefficient (Wildman–Crippen LogP) is 2.59. The van der Waals surface area contributed by atoms with E-state index in [1.54, 1.807) is 0 Å². The van der Waals surface area contributed by atoms with Crippen molar-refractivity contribution in [3.63, 3.8) is 0 Å². The van der Waals surface area contributed by atoms with Crippen LogP contribution in [0, 0.1) is 0 Å². The Morgan fingerprint density at radius 2 is 2.06 bits per heavy atom. The lowest BCUT2D eigenvalue weighted by Gasteiger charge is -2.06. The normalized spacial score (nSPS) is 11.9. The summed E-state index contributed by atoms with van der Waals surface area (Å²) in [4.78, 5) is 4.08. The lowest BCUT2D eigenvalue weighted by Crippen LogP contribution is -2.19. The molecule has 0 atom stereocenters. The Kier molecular flexibility index (Phi) is 5.70. The van der Waals surface area contributed by atoms with Gasteiger partial charge < -0.3 is 11.1 Å². The van der Waals surface area contributed by atoms with Crippen molar-refractivity contribution in [1.82, 2.24) is 10.3 Å². The van der Waals surface area contributed by atoms with Crippen LogP contribution in [0.15, 0.2) is 5.38 Å². The Bertz CT molecular complexity index is 325. The molecular formula is C10H16F3N3S. The first-order chi connectivity index (χ1) is 7.97. The van der Waals surface area contributed by atoms with E-state index in [4.69, 9.17) is 5.73 Å². The second-order valence-electron chi connectivity index (χ2n) is 3.75. The summed E-state index contributed by atoms with van der Waals surface area (Å²) in [5.74, 6) is 0. The van der Waals surface area contributed by atoms with Gasteiger partial charge in [0.05, 0.1) is 5.69 Å². The highest BCUT2D eigenvalue weighted by molar-refractivity contribution is 7.13. The zero-order chi connectivity index (χ0) is 12.7. The fourth-order valence-corrected chi connectivity index (χ4v) is 1.95. The van der Waals surface area contributed by atoms with Crippen molar-refractivity contribution in [2.24, 2.45) is 0 Å². The lowest BCUT2D eigenvalue weighted by atomic mass is 10.2. The van der Waals surface area contributed by atoms with E-state index in [1.807, 2.05) is 5.38 Å². The zero-order valence-electron chi connectivity index (χ0n) is 9.39. The fraction of sp³-hybridized carbons (Fsp3) is 0.700. The van der Waals surface area contributed by atoms with Crippen LogP contribution < -0.4 is 11.1 Å². The number of rotatable bonds is 7. The van der Waals surface area contributed by atoms with Gasteiger partial charge in [0.15, 0.2) is 5.13 Å². The molecule has 0 fully saturated rings. The SMILES string of the molecule is Nc1nc(CCNCCCCC(F)(F)F)cs1. The summed E-state index contributed by atoms with van der Waals surface area (Å²) in [5, 5.41) is 5.52. The van der Waals surface area contributed by atoms with Crippen molar-refractivity contribution in [1.29, 1.82) is 0 Å². The topological polar surface area (TPSA) is 50.9 Å². The Hall–Kier alpha value is -0.820. The van der Waals surface area contributed by atoms with Gasteiger partial charge in [0, 0.05) is 24.8 Å². The van der Waals surface area contributed by atoms with Gasteiger partial charge in [-0.3, -0.25) is 0 Å². The maximum atomic E-state index is 11.8. The zero-order valence-corrected chi connectivity index (χ0v) is 10.2. The van der Waals surface area contributed by atoms with Crippen LogP contribution in [0.25, 0.3) is 0 Å². The van der Waals surface area contributed by atoms with Gasteiger partial charge in [0.1, 0.15) is 0 Å². The summed E-state index contributed by atoms with van der Waals surface area (Å²) in [6, 6.07) is 0. The minimum absolute atomic E-state index is 0.181. The second kappa shape index (κ2) is 6.80. The van der Waals surface area contributed by atoms with E-state index in [9.17, 15) is 13.2 Å². The third-order valence-corrected chi connectivity index (χ3v) is 2.91. The molecule has 0 radical (unpaired) electrons. The highest BCUT2D eigenvalue weighted by Crippen LogP contribution is 2.21. The molecule has 3 nitrogen and oxygen atoms in total. The molecule has 0 aliphatic carbocycles. The molecule has 0 unspecified atom stereocenters. The average Bonchev–Trinajstić information content (AvgIpc) is 2.61. The molecule has 0 amide bonds. The Labute approximate surface area is 102 Å². The molecule has 1 rings (SSSR count). The van der Waals surface area contributed by atoms with Crippen LogP contribution in [0.1, 0.15) is 25.0 Å². The third kappa shape index (κ3) is 7.17.